The molecule has 6 nitrogen and oxygen atoms in total. The quantitative estimate of drug-likeness (QED) is 0.516. The van der Waals surface area contributed by atoms with Crippen molar-refractivity contribution >= 4 is 49.8 Å². The smallest absolute Gasteiger partial charge is 0.265 e. The van der Waals surface area contributed by atoms with E-state index in [-0.39, 0.29) is 18.5 Å². The van der Waals surface area contributed by atoms with Crippen LogP contribution in [-0.4, -0.2) is 23.5 Å². The highest BCUT2D eigenvalue weighted by Crippen LogP contribution is 2.37. The van der Waals surface area contributed by atoms with Gasteiger partial charge in [-0.05, 0) is 37.3 Å². The molecule has 1 aliphatic rings. The lowest BCUT2D eigenvalue weighted by atomic mass is 10.1. The number of hydrogen-bond donors (Lipinski definition) is 1. The number of ketones is 1. The molecule has 5 rings (SSSR count). The Bertz CT molecular complexity index is 1220. The standard InChI is InChI=1S/C21H14N2O4S/c1-11(24)12-3-2-4-15(6-12)22-20(25)19-8-14-5-13-7-17-18(27-10-26-17)9-16(13)23-21(14)28-19/h2-9H,10H2,1H3,(H,22,25). The zero-order valence-corrected chi connectivity index (χ0v) is 15.6. The Labute approximate surface area is 163 Å². The second-order valence-corrected chi connectivity index (χ2v) is 7.51. The average molecular weight is 390 g/mol. The summed E-state index contributed by atoms with van der Waals surface area (Å²) in [7, 11) is 0. The van der Waals surface area contributed by atoms with Gasteiger partial charge in [0.2, 0.25) is 6.79 Å². The lowest BCUT2D eigenvalue weighted by Gasteiger charge is -2.04. The molecule has 3 heterocycles. The Balaban J connectivity index is 1.49. The number of hydrogen-bond acceptors (Lipinski definition) is 6. The fourth-order valence-electron chi connectivity index (χ4n) is 3.14. The van der Waals surface area contributed by atoms with Crippen LogP contribution in [0, 0.1) is 0 Å². The summed E-state index contributed by atoms with van der Waals surface area (Å²) >= 11 is 1.32. The first-order valence-corrected chi connectivity index (χ1v) is 9.45. The predicted molar refractivity (Wildman–Crippen MR) is 108 cm³/mol. The van der Waals surface area contributed by atoms with E-state index in [9.17, 15) is 9.59 Å². The predicted octanol–water partition coefficient (Wildman–Crippen LogP) is 4.63. The Morgan fingerprint density at radius 3 is 2.68 bits per heavy atom. The van der Waals surface area contributed by atoms with Gasteiger partial charge in [-0.1, -0.05) is 12.1 Å². The minimum absolute atomic E-state index is 0.0475. The number of ether oxygens (including phenoxy) is 2. The van der Waals surface area contributed by atoms with Crippen LogP contribution >= 0.6 is 11.3 Å². The maximum absolute atomic E-state index is 12.7. The molecule has 2 aromatic heterocycles. The molecule has 0 radical (unpaired) electrons. The van der Waals surface area contributed by atoms with E-state index >= 15 is 0 Å². The lowest BCUT2D eigenvalue weighted by Crippen LogP contribution is -2.10. The number of carbonyl (C=O) groups is 2. The Morgan fingerprint density at radius 1 is 1.04 bits per heavy atom. The van der Waals surface area contributed by atoms with Crippen molar-refractivity contribution in [3.8, 4) is 11.5 Å². The molecule has 2 aromatic carbocycles. The summed E-state index contributed by atoms with van der Waals surface area (Å²) in [5.41, 5.74) is 1.93. The molecule has 0 saturated heterocycles. The second-order valence-electron chi connectivity index (χ2n) is 6.48. The van der Waals surface area contributed by atoms with Gasteiger partial charge in [-0.25, -0.2) is 4.98 Å². The number of benzene rings is 2. The highest BCUT2D eigenvalue weighted by atomic mass is 32.1. The van der Waals surface area contributed by atoms with Crippen LogP contribution in [0.1, 0.15) is 27.0 Å². The van der Waals surface area contributed by atoms with E-state index in [1.807, 2.05) is 24.3 Å². The number of nitrogens with zero attached hydrogens (tertiary/aromatic N) is 1. The monoisotopic (exact) mass is 390 g/mol. The lowest BCUT2D eigenvalue weighted by molar-refractivity contribution is 0.101. The van der Waals surface area contributed by atoms with E-state index in [4.69, 9.17) is 9.47 Å². The van der Waals surface area contributed by atoms with Crippen LogP contribution in [-0.2, 0) is 0 Å². The van der Waals surface area contributed by atoms with Crippen LogP contribution in [0.3, 0.4) is 0 Å². The van der Waals surface area contributed by atoms with Gasteiger partial charge in [-0.3, -0.25) is 9.59 Å². The van der Waals surface area contributed by atoms with E-state index < -0.39 is 0 Å². The zero-order chi connectivity index (χ0) is 19.3. The molecule has 0 fully saturated rings. The maximum atomic E-state index is 12.7. The maximum Gasteiger partial charge on any atom is 0.265 e. The number of aromatic nitrogens is 1. The minimum atomic E-state index is -0.234. The summed E-state index contributed by atoms with van der Waals surface area (Å²) in [5.74, 6) is 1.10. The van der Waals surface area contributed by atoms with E-state index in [0.717, 1.165) is 21.1 Å². The highest BCUT2D eigenvalue weighted by molar-refractivity contribution is 7.20. The third kappa shape index (κ3) is 2.86. The number of pyridine rings is 1. The van der Waals surface area contributed by atoms with E-state index in [2.05, 4.69) is 10.3 Å². The van der Waals surface area contributed by atoms with Crippen LogP contribution in [0.2, 0.25) is 0 Å². The molecule has 0 aliphatic carbocycles. The average Bonchev–Trinajstić information content (AvgIpc) is 3.30. The van der Waals surface area contributed by atoms with Gasteiger partial charge >= 0.3 is 0 Å². The van der Waals surface area contributed by atoms with Crippen molar-refractivity contribution in [1.82, 2.24) is 4.98 Å². The van der Waals surface area contributed by atoms with Crippen molar-refractivity contribution in [2.24, 2.45) is 0 Å². The molecule has 0 saturated carbocycles. The van der Waals surface area contributed by atoms with Crippen molar-refractivity contribution in [1.29, 1.82) is 0 Å². The van der Waals surface area contributed by atoms with Crippen molar-refractivity contribution in [2.75, 3.05) is 12.1 Å². The molecule has 1 amide bonds. The molecular formula is C21H14N2O4S. The fraction of sp³-hybridized carbons (Fsp3) is 0.0952. The largest absolute Gasteiger partial charge is 0.454 e. The number of amides is 1. The van der Waals surface area contributed by atoms with Crippen LogP contribution in [0.15, 0.2) is 48.5 Å². The van der Waals surface area contributed by atoms with E-state index in [0.29, 0.717) is 27.6 Å². The van der Waals surface area contributed by atoms with Crippen LogP contribution in [0.25, 0.3) is 21.1 Å². The van der Waals surface area contributed by atoms with Crippen LogP contribution in [0.4, 0.5) is 5.69 Å². The molecule has 0 atom stereocenters. The summed E-state index contributed by atoms with van der Waals surface area (Å²) in [6, 6.07) is 14.4. The van der Waals surface area contributed by atoms with Crippen molar-refractivity contribution in [3.63, 3.8) is 0 Å². The van der Waals surface area contributed by atoms with Gasteiger partial charge in [-0.2, -0.15) is 0 Å². The topological polar surface area (TPSA) is 77.5 Å². The van der Waals surface area contributed by atoms with Gasteiger partial charge < -0.3 is 14.8 Å². The number of Topliss-reactive ketones (excluding diaryl/α,β-unsaturated/α-hetero) is 1. The number of fused-ring (bicyclic) bond motifs is 3. The van der Waals surface area contributed by atoms with Crippen molar-refractivity contribution in [3.05, 3.63) is 59.0 Å². The first-order valence-electron chi connectivity index (χ1n) is 8.63. The zero-order valence-electron chi connectivity index (χ0n) is 14.8. The van der Waals surface area contributed by atoms with E-state index in [1.54, 1.807) is 24.3 Å². The van der Waals surface area contributed by atoms with Gasteiger partial charge in [0, 0.05) is 28.1 Å². The molecule has 0 spiro atoms. The van der Waals surface area contributed by atoms with Crippen molar-refractivity contribution < 1.29 is 19.1 Å². The van der Waals surface area contributed by atoms with Gasteiger partial charge in [0.15, 0.2) is 17.3 Å². The number of nitrogens with one attached hydrogen (secondary N) is 1. The highest BCUT2D eigenvalue weighted by Gasteiger charge is 2.17. The Morgan fingerprint density at radius 2 is 1.86 bits per heavy atom. The van der Waals surface area contributed by atoms with Crippen LogP contribution < -0.4 is 14.8 Å². The van der Waals surface area contributed by atoms with E-state index in [1.165, 1.54) is 18.3 Å². The fourth-order valence-corrected chi connectivity index (χ4v) is 4.06. The summed E-state index contributed by atoms with van der Waals surface area (Å²) < 4.78 is 10.8. The number of anilines is 1. The number of rotatable bonds is 3. The minimum Gasteiger partial charge on any atom is -0.454 e. The molecular weight excluding hydrogens is 376 g/mol. The number of thiophene rings is 1. The molecule has 0 unspecified atom stereocenters. The molecule has 7 heteroatoms. The summed E-state index contributed by atoms with van der Waals surface area (Å²) in [6.07, 6.45) is 0. The van der Waals surface area contributed by atoms with Gasteiger partial charge in [0.1, 0.15) is 4.83 Å². The Kier molecular flexibility index (Phi) is 3.77. The third-order valence-electron chi connectivity index (χ3n) is 4.55. The van der Waals surface area contributed by atoms with Crippen molar-refractivity contribution in [2.45, 2.75) is 6.92 Å². The molecule has 1 N–H and O–H groups in total. The van der Waals surface area contributed by atoms with Gasteiger partial charge in [0.05, 0.1) is 10.4 Å². The summed E-state index contributed by atoms with van der Waals surface area (Å²) in [6.45, 7) is 1.71. The SMILES string of the molecule is CC(=O)c1cccc(NC(=O)c2cc3cc4cc5c(cc4nc3s2)OCO5)c1. The Hall–Kier alpha value is -3.45. The summed E-state index contributed by atoms with van der Waals surface area (Å²) in [5, 5.41) is 4.66. The van der Waals surface area contributed by atoms with Crippen LogP contribution in [0.5, 0.6) is 11.5 Å². The molecule has 1 aliphatic heterocycles. The number of carbonyl (C=O) groups excluding carboxylic acids is 2. The molecule has 28 heavy (non-hydrogen) atoms. The second kappa shape index (κ2) is 6.31. The molecule has 138 valence electrons. The molecule has 0 bridgehead atoms. The first-order chi connectivity index (χ1) is 13.6. The first kappa shape index (κ1) is 16.7. The van der Waals surface area contributed by atoms with Gasteiger partial charge in [0.25, 0.3) is 5.91 Å². The summed E-state index contributed by atoms with van der Waals surface area (Å²) in [4.78, 5) is 30.2. The molecule has 4 aromatic rings. The van der Waals surface area contributed by atoms with Gasteiger partial charge in [-0.15, -0.1) is 11.3 Å². The third-order valence-corrected chi connectivity index (χ3v) is 5.59. The normalized spacial score (nSPS) is 12.5.